The van der Waals surface area contributed by atoms with Gasteiger partial charge in [-0.05, 0) is 56.3 Å². The molecule has 0 saturated heterocycles. The van der Waals surface area contributed by atoms with Crippen LogP contribution in [0.2, 0.25) is 0 Å². The Labute approximate surface area is 212 Å². The predicted molar refractivity (Wildman–Crippen MR) is 144 cm³/mol. The van der Waals surface area contributed by atoms with E-state index in [4.69, 9.17) is 9.47 Å². The summed E-state index contributed by atoms with van der Waals surface area (Å²) in [6, 6.07) is 0. The van der Waals surface area contributed by atoms with E-state index in [0.29, 0.717) is 32.0 Å². The zero-order valence-corrected chi connectivity index (χ0v) is 23.5. The molecule has 0 aliphatic rings. The molecule has 4 nitrogen and oxygen atoms in total. The standard InChI is InChI=1S/C30H58O4/c1-6-28(25-30(32)34-24-18-16-20-27(4)5)21-13-11-9-7-8-10-12-14-22-29(31)33-23-17-15-19-26(2)3/h26-28H,6-25H2,1-5H3. The summed E-state index contributed by atoms with van der Waals surface area (Å²) in [5.41, 5.74) is 0. The van der Waals surface area contributed by atoms with Crippen molar-refractivity contribution in [3.63, 3.8) is 0 Å². The van der Waals surface area contributed by atoms with Gasteiger partial charge in [0.25, 0.3) is 0 Å². The van der Waals surface area contributed by atoms with Gasteiger partial charge in [-0.1, -0.05) is 98.8 Å². The highest BCUT2D eigenvalue weighted by molar-refractivity contribution is 5.69. The van der Waals surface area contributed by atoms with Crippen molar-refractivity contribution in [3.05, 3.63) is 0 Å². The van der Waals surface area contributed by atoms with E-state index >= 15 is 0 Å². The molecular formula is C30H58O4. The van der Waals surface area contributed by atoms with Crippen LogP contribution in [-0.2, 0) is 19.1 Å². The summed E-state index contributed by atoms with van der Waals surface area (Å²) in [5, 5.41) is 0. The van der Waals surface area contributed by atoms with Gasteiger partial charge in [-0.25, -0.2) is 0 Å². The van der Waals surface area contributed by atoms with E-state index in [1.165, 1.54) is 51.4 Å². The maximum Gasteiger partial charge on any atom is 0.306 e. The molecule has 0 bridgehead atoms. The summed E-state index contributed by atoms with van der Waals surface area (Å²) >= 11 is 0. The Kier molecular flexibility index (Phi) is 22.9. The summed E-state index contributed by atoms with van der Waals surface area (Å²) in [4.78, 5) is 23.8. The number of hydrogen-bond acceptors (Lipinski definition) is 4. The van der Waals surface area contributed by atoms with Crippen molar-refractivity contribution in [1.82, 2.24) is 0 Å². The molecule has 0 amide bonds. The van der Waals surface area contributed by atoms with Gasteiger partial charge in [0.1, 0.15) is 0 Å². The van der Waals surface area contributed by atoms with Gasteiger partial charge in [0.15, 0.2) is 0 Å². The molecule has 1 atom stereocenters. The molecule has 0 N–H and O–H groups in total. The van der Waals surface area contributed by atoms with Gasteiger partial charge in [0.2, 0.25) is 0 Å². The first-order valence-corrected chi connectivity index (χ1v) is 14.7. The number of rotatable bonds is 24. The number of unbranched alkanes of at least 4 members (excludes halogenated alkanes) is 9. The fourth-order valence-electron chi connectivity index (χ4n) is 4.26. The third-order valence-electron chi connectivity index (χ3n) is 6.65. The van der Waals surface area contributed by atoms with Crippen LogP contribution in [0.1, 0.15) is 150 Å². The van der Waals surface area contributed by atoms with E-state index in [0.717, 1.165) is 63.2 Å². The molecule has 0 aromatic rings. The SMILES string of the molecule is CCC(CCCCCCCCCCC(=O)OCCCCC(C)C)CC(=O)OCCCCC(C)C. The van der Waals surface area contributed by atoms with Crippen LogP contribution in [0.15, 0.2) is 0 Å². The van der Waals surface area contributed by atoms with Crippen LogP contribution in [0.4, 0.5) is 0 Å². The monoisotopic (exact) mass is 482 g/mol. The van der Waals surface area contributed by atoms with Gasteiger partial charge >= 0.3 is 11.9 Å². The van der Waals surface area contributed by atoms with Gasteiger partial charge in [0, 0.05) is 12.8 Å². The minimum absolute atomic E-state index is 0.00796. The fraction of sp³-hybridized carbons (Fsp3) is 0.933. The van der Waals surface area contributed by atoms with Crippen molar-refractivity contribution in [2.75, 3.05) is 13.2 Å². The molecule has 0 radical (unpaired) electrons. The summed E-state index contributed by atoms with van der Waals surface area (Å²) in [6.07, 6.45) is 19.6. The zero-order chi connectivity index (χ0) is 25.4. The predicted octanol–water partition coefficient (Wildman–Crippen LogP) is 9.04. The van der Waals surface area contributed by atoms with Gasteiger partial charge in [-0.15, -0.1) is 0 Å². The van der Waals surface area contributed by atoms with Gasteiger partial charge in [-0.2, -0.15) is 0 Å². The maximum absolute atomic E-state index is 12.1. The molecule has 4 heteroatoms. The zero-order valence-electron chi connectivity index (χ0n) is 23.5. The van der Waals surface area contributed by atoms with Crippen molar-refractivity contribution in [2.45, 2.75) is 150 Å². The van der Waals surface area contributed by atoms with Crippen LogP contribution in [0, 0.1) is 17.8 Å². The molecule has 0 rings (SSSR count). The molecule has 0 aromatic heterocycles. The van der Waals surface area contributed by atoms with E-state index in [1.807, 2.05) is 0 Å². The van der Waals surface area contributed by atoms with Crippen LogP contribution in [0.5, 0.6) is 0 Å². The topological polar surface area (TPSA) is 52.6 Å². The van der Waals surface area contributed by atoms with Crippen LogP contribution >= 0.6 is 0 Å². The third-order valence-corrected chi connectivity index (χ3v) is 6.65. The number of esters is 2. The summed E-state index contributed by atoms with van der Waals surface area (Å²) in [6.45, 7) is 12.3. The second-order valence-corrected chi connectivity index (χ2v) is 11.1. The molecule has 0 heterocycles. The molecule has 0 spiro atoms. The first-order valence-electron chi connectivity index (χ1n) is 14.7. The molecule has 0 saturated carbocycles. The van der Waals surface area contributed by atoms with Crippen molar-refractivity contribution in [1.29, 1.82) is 0 Å². The van der Waals surface area contributed by atoms with Crippen molar-refractivity contribution >= 4 is 11.9 Å². The number of carbonyl (C=O) groups excluding carboxylic acids is 2. The first-order chi connectivity index (χ1) is 16.3. The Hall–Kier alpha value is -1.06. The van der Waals surface area contributed by atoms with E-state index in [-0.39, 0.29) is 11.9 Å². The molecule has 0 aliphatic heterocycles. The lowest BCUT2D eigenvalue weighted by Crippen LogP contribution is -2.12. The Bertz CT molecular complexity index is 472. The van der Waals surface area contributed by atoms with Gasteiger partial charge in [0.05, 0.1) is 13.2 Å². The van der Waals surface area contributed by atoms with E-state index < -0.39 is 0 Å². The van der Waals surface area contributed by atoms with Crippen LogP contribution in [0.25, 0.3) is 0 Å². The Balaban J connectivity index is 3.49. The van der Waals surface area contributed by atoms with E-state index in [1.54, 1.807) is 0 Å². The molecule has 34 heavy (non-hydrogen) atoms. The summed E-state index contributed by atoms with van der Waals surface area (Å²) < 4.78 is 10.7. The lowest BCUT2D eigenvalue weighted by molar-refractivity contribution is -0.145. The molecule has 0 fully saturated rings. The number of ether oxygens (including phenoxy) is 2. The largest absolute Gasteiger partial charge is 0.466 e. The molecule has 1 unspecified atom stereocenters. The highest BCUT2D eigenvalue weighted by atomic mass is 16.5. The average Bonchev–Trinajstić information content (AvgIpc) is 2.78. The number of carbonyl (C=O) groups is 2. The molecule has 0 aromatic carbocycles. The Morgan fingerprint density at radius 2 is 1.00 bits per heavy atom. The van der Waals surface area contributed by atoms with Gasteiger partial charge < -0.3 is 9.47 Å². The van der Waals surface area contributed by atoms with Crippen LogP contribution in [-0.4, -0.2) is 25.2 Å². The smallest absolute Gasteiger partial charge is 0.306 e. The normalized spacial score (nSPS) is 12.3. The first kappa shape index (κ1) is 32.9. The molecule has 202 valence electrons. The average molecular weight is 483 g/mol. The summed E-state index contributed by atoms with van der Waals surface area (Å²) in [5.74, 6) is 1.90. The molecular weight excluding hydrogens is 424 g/mol. The minimum atomic E-state index is -0.0231. The highest BCUT2D eigenvalue weighted by Gasteiger charge is 2.13. The Morgan fingerprint density at radius 3 is 1.50 bits per heavy atom. The lowest BCUT2D eigenvalue weighted by Gasteiger charge is -2.14. The van der Waals surface area contributed by atoms with Crippen LogP contribution in [0.3, 0.4) is 0 Å². The van der Waals surface area contributed by atoms with Crippen LogP contribution < -0.4 is 0 Å². The summed E-state index contributed by atoms with van der Waals surface area (Å²) in [7, 11) is 0. The fourth-order valence-corrected chi connectivity index (χ4v) is 4.26. The maximum atomic E-state index is 12.1. The number of hydrogen-bond donors (Lipinski definition) is 0. The quantitative estimate of drug-likeness (QED) is 0.102. The minimum Gasteiger partial charge on any atom is -0.466 e. The Morgan fingerprint density at radius 1 is 0.559 bits per heavy atom. The molecule has 0 aliphatic carbocycles. The van der Waals surface area contributed by atoms with Crippen molar-refractivity contribution < 1.29 is 19.1 Å². The third kappa shape index (κ3) is 24.1. The highest BCUT2D eigenvalue weighted by Crippen LogP contribution is 2.19. The van der Waals surface area contributed by atoms with Gasteiger partial charge in [-0.3, -0.25) is 9.59 Å². The van der Waals surface area contributed by atoms with Crippen molar-refractivity contribution in [3.8, 4) is 0 Å². The van der Waals surface area contributed by atoms with E-state index in [9.17, 15) is 9.59 Å². The lowest BCUT2D eigenvalue weighted by atomic mass is 9.95. The van der Waals surface area contributed by atoms with E-state index in [2.05, 4.69) is 34.6 Å². The second kappa shape index (κ2) is 23.7. The second-order valence-electron chi connectivity index (χ2n) is 11.1. The van der Waals surface area contributed by atoms with Crippen molar-refractivity contribution in [2.24, 2.45) is 17.8 Å².